The molecule has 36 heavy (non-hydrogen) atoms. The summed E-state index contributed by atoms with van der Waals surface area (Å²) in [6.45, 7) is 3.87. The topological polar surface area (TPSA) is 109 Å². The quantitative estimate of drug-likeness (QED) is 0.358. The van der Waals surface area contributed by atoms with E-state index in [1.807, 2.05) is 6.92 Å². The van der Waals surface area contributed by atoms with Crippen molar-refractivity contribution in [3.63, 3.8) is 0 Å². The van der Waals surface area contributed by atoms with Gasteiger partial charge in [0.2, 0.25) is 0 Å². The average Bonchev–Trinajstić information content (AvgIpc) is 2.88. The van der Waals surface area contributed by atoms with Crippen LogP contribution in [0.25, 0.3) is 11.0 Å². The molecule has 0 bridgehead atoms. The first-order chi connectivity index (χ1) is 17.4. The fourth-order valence-corrected chi connectivity index (χ4v) is 4.13. The van der Waals surface area contributed by atoms with E-state index in [1.54, 1.807) is 25.3 Å². The number of aromatic nitrogens is 2. The van der Waals surface area contributed by atoms with Crippen LogP contribution in [0, 0.1) is 5.82 Å². The summed E-state index contributed by atoms with van der Waals surface area (Å²) in [7, 11) is 1.47. The monoisotopic (exact) mass is 497 g/mol. The maximum Gasteiger partial charge on any atom is 0.347 e. The number of nitrogens with one attached hydrogen (secondary N) is 1. The van der Waals surface area contributed by atoms with Crippen LogP contribution in [0.2, 0.25) is 0 Å². The molecule has 4 rings (SSSR count). The van der Waals surface area contributed by atoms with E-state index in [0.29, 0.717) is 23.9 Å². The molecular weight excluding hydrogens is 469 g/mol. The van der Waals surface area contributed by atoms with Gasteiger partial charge in [-0.3, -0.25) is 19.1 Å². The fraction of sp³-hybridized carbons (Fsp3) is 0.385. The Morgan fingerprint density at radius 2 is 2.00 bits per heavy atom. The normalized spacial score (nSPS) is 14.3. The van der Waals surface area contributed by atoms with Gasteiger partial charge in [-0.05, 0) is 31.0 Å². The van der Waals surface area contributed by atoms with Crippen LogP contribution in [0.5, 0.6) is 11.5 Å². The van der Waals surface area contributed by atoms with Crippen molar-refractivity contribution in [2.24, 2.45) is 0 Å². The minimum absolute atomic E-state index is 0.0368. The molecule has 1 aliphatic heterocycles. The summed E-state index contributed by atoms with van der Waals surface area (Å²) in [5, 5.41) is 2.54. The first-order valence-corrected chi connectivity index (χ1v) is 11.9. The molecule has 9 nitrogen and oxygen atoms in total. The SMILES string of the molecule is CCCCOc1c(C(=O)OCC)c(=O)n2c3c(c(Cc4ccc(F)cc4)cnc13)O[C@@H](C(=O)NC)C2. The molecule has 1 amide bonds. The summed E-state index contributed by atoms with van der Waals surface area (Å²) >= 11 is 0. The molecule has 1 aromatic carbocycles. The molecule has 1 atom stereocenters. The molecule has 2 aromatic heterocycles. The maximum absolute atomic E-state index is 13.7. The molecule has 0 radical (unpaired) electrons. The van der Waals surface area contributed by atoms with Crippen LogP contribution >= 0.6 is 0 Å². The highest BCUT2D eigenvalue weighted by Crippen LogP contribution is 2.38. The van der Waals surface area contributed by atoms with Gasteiger partial charge in [0.25, 0.3) is 11.5 Å². The van der Waals surface area contributed by atoms with Gasteiger partial charge in [0, 0.05) is 25.2 Å². The first kappa shape index (κ1) is 25.2. The summed E-state index contributed by atoms with van der Waals surface area (Å²) in [5.74, 6) is -1.28. The number of ether oxygens (including phenoxy) is 3. The second-order valence-electron chi connectivity index (χ2n) is 8.38. The van der Waals surface area contributed by atoms with Gasteiger partial charge in [0.05, 0.1) is 19.8 Å². The third-order valence-corrected chi connectivity index (χ3v) is 5.93. The Morgan fingerprint density at radius 3 is 2.67 bits per heavy atom. The lowest BCUT2D eigenvalue weighted by atomic mass is 10.0. The number of nitrogens with zero attached hydrogens (tertiary/aromatic N) is 2. The molecule has 1 N–H and O–H groups in total. The number of unbranched alkanes of at least 4 members (excludes halogenated alkanes) is 1. The van der Waals surface area contributed by atoms with Crippen molar-refractivity contribution >= 4 is 22.9 Å². The Kier molecular flexibility index (Phi) is 7.52. The van der Waals surface area contributed by atoms with E-state index in [1.165, 1.54) is 23.7 Å². The van der Waals surface area contributed by atoms with Crippen LogP contribution in [0.4, 0.5) is 4.39 Å². The highest BCUT2D eigenvalue weighted by molar-refractivity contribution is 6.00. The number of carbonyl (C=O) groups is 2. The molecule has 0 fully saturated rings. The van der Waals surface area contributed by atoms with E-state index >= 15 is 0 Å². The molecule has 0 saturated carbocycles. The van der Waals surface area contributed by atoms with Gasteiger partial charge in [-0.25, -0.2) is 9.18 Å². The van der Waals surface area contributed by atoms with Gasteiger partial charge in [-0.1, -0.05) is 25.5 Å². The van der Waals surface area contributed by atoms with Gasteiger partial charge in [0.15, 0.2) is 23.2 Å². The predicted molar refractivity (Wildman–Crippen MR) is 130 cm³/mol. The molecule has 0 saturated heterocycles. The number of hydrogen-bond donors (Lipinski definition) is 1. The van der Waals surface area contributed by atoms with Crippen molar-refractivity contribution in [2.45, 2.75) is 45.8 Å². The molecular formula is C26H28FN3O6. The van der Waals surface area contributed by atoms with Gasteiger partial charge < -0.3 is 19.5 Å². The fourth-order valence-electron chi connectivity index (χ4n) is 4.13. The van der Waals surface area contributed by atoms with Crippen LogP contribution in [0.1, 0.15) is 48.2 Å². The molecule has 10 heteroatoms. The van der Waals surface area contributed by atoms with Crippen LogP contribution < -0.4 is 20.3 Å². The largest absolute Gasteiger partial charge is 0.490 e. The van der Waals surface area contributed by atoms with Crippen molar-refractivity contribution in [3.8, 4) is 11.5 Å². The zero-order chi connectivity index (χ0) is 25.8. The number of pyridine rings is 2. The molecule has 0 aliphatic carbocycles. The van der Waals surface area contributed by atoms with Crippen molar-refractivity contribution in [2.75, 3.05) is 20.3 Å². The average molecular weight is 498 g/mol. The van der Waals surface area contributed by atoms with E-state index in [4.69, 9.17) is 14.2 Å². The number of hydrogen-bond acceptors (Lipinski definition) is 7. The van der Waals surface area contributed by atoms with E-state index < -0.39 is 23.5 Å². The van der Waals surface area contributed by atoms with Gasteiger partial charge >= 0.3 is 5.97 Å². The molecule has 3 heterocycles. The zero-order valence-electron chi connectivity index (χ0n) is 20.4. The van der Waals surface area contributed by atoms with E-state index in [0.717, 1.165) is 12.0 Å². The Bertz CT molecular complexity index is 1350. The van der Waals surface area contributed by atoms with Gasteiger partial charge in [0.1, 0.15) is 16.9 Å². The van der Waals surface area contributed by atoms with Gasteiger partial charge in [-0.2, -0.15) is 0 Å². The smallest absolute Gasteiger partial charge is 0.347 e. The number of likely N-dealkylation sites (N-methyl/N-ethyl adjacent to an activating group) is 1. The predicted octanol–water partition coefficient (Wildman–Crippen LogP) is 2.99. The van der Waals surface area contributed by atoms with Crippen molar-refractivity contribution in [1.29, 1.82) is 0 Å². The maximum atomic E-state index is 13.7. The van der Waals surface area contributed by atoms with E-state index in [9.17, 15) is 18.8 Å². The highest BCUT2D eigenvalue weighted by Gasteiger charge is 2.35. The lowest BCUT2D eigenvalue weighted by Gasteiger charge is -2.29. The van der Waals surface area contributed by atoms with Crippen LogP contribution in [0.3, 0.4) is 0 Å². The van der Waals surface area contributed by atoms with E-state index in [2.05, 4.69) is 10.3 Å². The Labute approximate surface area is 207 Å². The number of esters is 1. The highest BCUT2D eigenvalue weighted by atomic mass is 19.1. The second-order valence-corrected chi connectivity index (χ2v) is 8.38. The third-order valence-electron chi connectivity index (χ3n) is 5.93. The van der Waals surface area contributed by atoms with Crippen LogP contribution in [0.15, 0.2) is 35.3 Å². The Balaban J connectivity index is 1.96. The molecule has 1 aliphatic rings. The summed E-state index contributed by atoms with van der Waals surface area (Å²) in [4.78, 5) is 43.6. The molecule has 190 valence electrons. The number of benzene rings is 1. The Morgan fingerprint density at radius 1 is 1.25 bits per heavy atom. The van der Waals surface area contributed by atoms with E-state index in [-0.39, 0.29) is 48.2 Å². The number of amides is 1. The third kappa shape index (κ3) is 4.75. The first-order valence-electron chi connectivity index (χ1n) is 11.9. The standard InChI is InChI=1S/C26H28FN3O6/c1-4-6-11-35-23-19(26(33)34-5-2)25(32)30-14-18(24(31)28-3)36-22-16(13-29-20(23)21(22)30)12-15-7-9-17(27)10-8-15/h7-10,13,18H,4-6,11-12,14H2,1-3H3,(H,28,31)/t18-/m1/s1. The Hall–Kier alpha value is -3.95. The lowest BCUT2D eigenvalue weighted by molar-refractivity contribution is -0.128. The number of rotatable bonds is 9. The minimum atomic E-state index is -1.01. The summed E-state index contributed by atoms with van der Waals surface area (Å²) < 4.78 is 32.0. The minimum Gasteiger partial charge on any atom is -0.490 e. The molecule has 0 spiro atoms. The van der Waals surface area contributed by atoms with Crippen molar-refractivity contribution in [3.05, 3.63) is 63.3 Å². The molecule has 3 aromatic rings. The number of halogens is 1. The van der Waals surface area contributed by atoms with Crippen LogP contribution in [-0.2, 0) is 22.5 Å². The summed E-state index contributed by atoms with van der Waals surface area (Å²) in [6.07, 6.45) is 2.42. The van der Waals surface area contributed by atoms with Crippen molar-refractivity contribution in [1.82, 2.24) is 14.9 Å². The lowest BCUT2D eigenvalue weighted by Crippen LogP contribution is -2.45. The summed E-state index contributed by atoms with van der Waals surface area (Å²) in [5.41, 5.74) is 1.07. The van der Waals surface area contributed by atoms with Crippen molar-refractivity contribution < 1.29 is 28.2 Å². The number of carbonyl (C=O) groups excluding carboxylic acids is 2. The zero-order valence-corrected chi connectivity index (χ0v) is 20.4. The second kappa shape index (κ2) is 10.8. The van der Waals surface area contributed by atoms with Crippen LogP contribution in [-0.4, -0.2) is 47.8 Å². The molecule has 0 unspecified atom stereocenters. The van der Waals surface area contributed by atoms with Gasteiger partial charge in [-0.15, -0.1) is 0 Å². The summed E-state index contributed by atoms with van der Waals surface area (Å²) in [6, 6.07) is 5.98.